The average Bonchev–Trinajstić information content (AvgIpc) is 2.11. The summed E-state index contributed by atoms with van der Waals surface area (Å²) in [6, 6.07) is 3.54. The van der Waals surface area contributed by atoms with Gasteiger partial charge >= 0.3 is 0 Å². The highest BCUT2D eigenvalue weighted by molar-refractivity contribution is 5.38. The molecule has 0 saturated heterocycles. The third-order valence-electron chi connectivity index (χ3n) is 1.47. The number of benzene rings is 1. The van der Waals surface area contributed by atoms with Crippen molar-refractivity contribution in [3.05, 3.63) is 24.0 Å². The summed E-state index contributed by atoms with van der Waals surface area (Å²) in [5.74, 6) is -0.375. The normalized spacial score (nSPS) is 10.0. The average molecular weight is 186 g/mol. The molecule has 13 heavy (non-hydrogen) atoms. The molecule has 0 unspecified atom stereocenters. The molecule has 3 nitrogen and oxygen atoms in total. The van der Waals surface area contributed by atoms with Crippen LogP contribution in [0, 0.1) is 5.82 Å². The molecule has 1 aromatic rings. The minimum atomic E-state index is -0.440. The van der Waals surface area contributed by atoms with Gasteiger partial charge in [-0.3, -0.25) is 0 Å². The second-order valence-electron chi connectivity index (χ2n) is 2.45. The van der Waals surface area contributed by atoms with Gasteiger partial charge in [-0.25, -0.2) is 4.39 Å². The van der Waals surface area contributed by atoms with Gasteiger partial charge in [0.05, 0.1) is 6.61 Å². The fourth-order valence-electron chi connectivity index (χ4n) is 0.839. The molecular weight excluding hydrogens is 175 g/mol. The van der Waals surface area contributed by atoms with Gasteiger partial charge in [-0.15, -0.1) is 0 Å². The predicted octanol–water partition coefficient (Wildman–Crippen LogP) is 1.56. The van der Waals surface area contributed by atoms with Gasteiger partial charge in [0.15, 0.2) is 11.5 Å². The van der Waals surface area contributed by atoms with Crippen molar-refractivity contribution < 1.29 is 19.0 Å². The number of aromatic hydroxyl groups is 1. The molecule has 0 saturated carbocycles. The molecule has 4 heteroatoms. The van der Waals surface area contributed by atoms with Crippen molar-refractivity contribution in [3.63, 3.8) is 0 Å². The fraction of sp³-hybridized carbons (Fsp3) is 0.333. The van der Waals surface area contributed by atoms with E-state index in [4.69, 9.17) is 9.47 Å². The number of ether oxygens (including phenoxy) is 2. The van der Waals surface area contributed by atoms with Gasteiger partial charge in [-0.05, 0) is 12.1 Å². The second kappa shape index (κ2) is 4.67. The molecule has 0 aliphatic heterocycles. The summed E-state index contributed by atoms with van der Waals surface area (Å²) >= 11 is 0. The Hall–Kier alpha value is -1.29. The minimum Gasteiger partial charge on any atom is -0.504 e. The van der Waals surface area contributed by atoms with Gasteiger partial charge in [0.2, 0.25) is 0 Å². The lowest BCUT2D eigenvalue weighted by molar-refractivity contribution is 0.144. The summed E-state index contributed by atoms with van der Waals surface area (Å²) < 4.78 is 22.4. The van der Waals surface area contributed by atoms with Gasteiger partial charge in [-0.2, -0.15) is 0 Å². The van der Waals surface area contributed by atoms with Gasteiger partial charge in [0.1, 0.15) is 12.4 Å². The van der Waals surface area contributed by atoms with E-state index >= 15 is 0 Å². The van der Waals surface area contributed by atoms with E-state index in [0.717, 1.165) is 6.07 Å². The number of methoxy groups -OCH3 is 1. The van der Waals surface area contributed by atoms with E-state index in [1.807, 2.05) is 0 Å². The molecular formula is C9H11FO3. The van der Waals surface area contributed by atoms with Gasteiger partial charge in [0, 0.05) is 13.2 Å². The van der Waals surface area contributed by atoms with Gasteiger partial charge in [-0.1, -0.05) is 0 Å². The van der Waals surface area contributed by atoms with Crippen molar-refractivity contribution >= 4 is 0 Å². The Labute approximate surface area is 75.7 Å². The molecule has 0 amide bonds. The largest absolute Gasteiger partial charge is 0.504 e. The Bertz CT molecular complexity index is 276. The van der Waals surface area contributed by atoms with Crippen LogP contribution in [0.5, 0.6) is 11.5 Å². The van der Waals surface area contributed by atoms with Crippen LogP contribution >= 0.6 is 0 Å². The standard InChI is InChI=1S/C9H11FO3/c1-12-4-5-13-9-6-7(10)2-3-8(9)11/h2-3,6,11H,4-5H2,1H3. The second-order valence-corrected chi connectivity index (χ2v) is 2.45. The van der Waals surface area contributed by atoms with Crippen molar-refractivity contribution in [2.24, 2.45) is 0 Å². The number of phenolic OH excluding ortho intramolecular Hbond substituents is 1. The van der Waals surface area contributed by atoms with Gasteiger partial charge in [0.25, 0.3) is 0 Å². The highest BCUT2D eigenvalue weighted by Gasteiger charge is 2.02. The molecule has 0 radical (unpaired) electrons. The molecule has 0 aliphatic carbocycles. The van der Waals surface area contributed by atoms with Crippen LogP contribution < -0.4 is 4.74 Å². The van der Waals surface area contributed by atoms with Crippen molar-refractivity contribution in [3.8, 4) is 11.5 Å². The molecule has 72 valence electrons. The molecule has 1 rings (SSSR count). The highest BCUT2D eigenvalue weighted by Crippen LogP contribution is 2.25. The summed E-state index contributed by atoms with van der Waals surface area (Å²) in [4.78, 5) is 0. The summed E-state index contributed by atoms with van der Waals surface area (Å²) in [5, 5.41) is 9.20. The summed E-state index contributed by atoms with van der Waals surface area (Å²) in [6.07, 6.45) is 0. The maximum Gasteiger partial charge on any atom is 0.163 e. The zero-order valence-electron chi connectivity index (χ0n) is 7.29. The molecule has 0 spiro atoms. The predicted molar refractivity (Wildman–Crippen MR) is 45.4 cm³/mol. The lowest BCUT2D eigenvalue weighted by Crippen LogP contribution is -2.04. The topological polar surface area (TPSA) is 38.7 Å². The van der Waals surface area contributed by atoms with E-state index in [1.165, 1.54) is 19.2 Å². The monoisotopic (exact) mass is 186 g/mol. The third-order valence-corrected chi connectivity index (χ3v) is 1.47. The first-order valence-electron chi connectivity index (χ1n) is 3.84. The lowest BCUT2D eigenvalue weighted by atomic mass is 10.3. The zero-order chi connectivity index (χ0) is 9.68. The summed E-state index contributed by atoms with van der Waals surface area (Å²) in [7, 11) is 1.54. The van der Waals surface area contributed by atoms with Crippen LogP contribution in [0.4, 0.5) is 4.39 Å². The number of rotatable bonds is 4. The Morgan fingerprint density at radius 1 is 1.38 bits per heavy atom. The number of phenols is 1. The Kier molecular flexibility index (Phi) is 3.52. The Morgan fingerprint density at radius 3 is 2.85 bits per heavy atom. The molecule has 0 aliphatic rings. The molecule has 0 fully saturated rings. The first-order valence-corrected chi connectivity index (χ1v) is 3.84. The zero-order valence-corrected chi connectivity index (χ0v) is 7.29. The third kappa shape index (κ3) is 2.91. The van der Waals surface area contributed by atoms with Crippen LogP contribution in [0.3, 0.4) is 0 Å². The molecule has 0 atom stereocenters. The first-order chi connectivity index (χ1) is 6.24. The number of hydrogen-bond donors (Lipinski definition) is 1. The van der Waals surface area contributed by atoms with E-state index in [0.29, 0.717) is 6.61 Å². The molecule has 0 heterocycles. The molecule has 1 N–H and O–H groups in total. The Morgan fingerprint density at radius 2 is 2.15 bits per heavy atom. The van der Waals surface area contributed by atoms with Gasteiger partial charge < -0.3 is 14.6 Å². The van der Waals surface area contributed by atoms with E-state index in [-0.39, 0.29) is 18.1 Å². The van der Waals surface area contributed by atoms with Crippen LogP contribution in [0.25, 0.3) is 0 Å². The quantitative estimate of drug-likeness (QED) is 0.725. The molecule has 0 bridgehead atoms. The van der Waals surface area contributed by atoms with Crippen LogP contribution in [0.1, 0.15) is 0 Å². The fourth-order valence-corrected chi connectivity index (χ4v) is 0.839. The van der Waals surface area contributed by atoms with E-state index < -0.39 is 5.82 Å². The molecule has 0 aromatic heterocycles. The first kappa shape index (κ1) is 9.80. The van der Waals surface area contributed by atoms with Crippen molar-refractivity contribution in [1.82, 2.24) is 0 Å². The lowest BCUT2D eigenvalue weighted by Gasteiger charge is -2.06. The van der Waals surface area contributed by atoms with Crippen LogP contribution in [0.15, 0.2) is 18.2 Å². The number of halogens is 1. The highest BCUT2D eigenvalue weighted by atomic mass is 19.1. The van der Waals surface area contributed by atoms with Crippen molar-refractivity contribution in [1.29, 1.82) is 0 Å². The SMILES string of the molecule is COCCOc1cc(F)ccc1O. The van der Waals surface area contributed by atoms with Crippen molar-refractivity contribution in [2.45, 2.75) is 0 Å². The maximum absolute atomic E-state index is 12.6. The van der Waals surface area contributed by atoms with Crippen LogP contribution in [-0.4, -0.2) is 25.4 Å². The number of hydrogen-bond acceptors (Lipinski definition) is 3. The minimum absolute atomic E-state index is 0.0718. The summed E-state index contributed by atoms with van der Waals surface area (Å²) in [6.45, 7) is 0.684. The molecule has 1 aromatic carbocycles. The Balaban J connectivity index is 2.59. The van der Waals surface area contributed by atoms with Crippen LogP contribution in [-0.2, 0) is 4.74 Å². The maximum atomic E-state index is 12.6. The van der Waals surface area contributed by atoms with Crippen molar-refractivity contribution in [2.75, 3.05) is 20.3 Å². The smallest absolute Gasteiger partial charge is 0.163 e. The summed E-state index contributed by atoms with van der Waals surface area (Å²) in [5.41, 5.74) is 0. The van der Waals surface area contributed by atoms with E-state index in [2.05, 4.69) is 0 Å². The van der Waals surface area contributed by atoms with E-state index in [9.17, 15) is 9.50 Å². The van der Waals surface area contributed by atoms with Crippen LogP contribution in [0.2, 0.25) is 0 Å². The van der Waals surface area contributed by atoms with E-state index in [1.54, 1.807) is 0 Å².